The van der Waals surface area contributed by atoms with E-state index < -0.39 is 28.2 Å². The van der Waals surface area contributed by atoms with Gasteiger partial charge in [0.1, 0.15) is 0 Å². The van der Waals surface area contributed by atoms with E-state index in [1.165, 1.54) is 0 Å². The smallest absolute Gasteiger partial charge is 0.304 e. The number of benzene rings is 2. The molecule has 0 radical (unpaired) electrons. The van der Waals surface area contributed by atoms with Crippen LogP contribution in [0.3, 0.4) is 0 Å². The van der Waals surface area contributed by atoms with Crippen molar-refractivity contribution >= 4 is 32.5 Å². The van der Waals surface area contributed by atoms with Crippen molar-refractivity contribution in [2.75, 3.05) is 10.5 Å². The Morgan fingerprint density at radius 3 is 2.47 bits per heavy atom. The standard InChI is InChI=1S/C13H13NO4S/c15-13(16)7-8-19(17,18)14-12-6-5-10-3-1-2-4-11(10)9-12/h1-6,9,14H,7-8H2,(H,15,16). The van der Waals surface area contributed by atoms with Crippen LogP contribution in [0.1, 0.15) is 6.42 Å². The van der Waals surface area contributed by atoms with E-state index in [1.807, 2.05) is 30.3 Å². The van der Waals surface area contributed by atoms with Gasteiger partial charge in [-0.1, -0.05) is 30.3 Å². The van der Waals surface area contributed by atoms with Crippen molar-refractivity contribution in [1.29, 1.82) is 0 Å². The molecule has 2 aromatic carbocycles. The second-order valence-electron chi connectivity index (χ2n) is 4.13. The number of fused-ring (bicyclic) bond motifs is 1. The summed E-state index contributed by atoms with van der Waals surface area (Å²) >= 11 is 0. The van der Waals surface area contributed by atoms with Crippen LogP contribution in [-0.2, 0) is 14.8 Å². The van der Waals surface area contributed by atoms with E-state index in [-0.39, 0.29) is 0 Å². The number of carboxylic acid groups (broad SMARTS) is 1. The Labute approximate surface area is 110 Å². The molecule has 0 aliphatic carbocycles. The topological polar surface area (TPSA) is 83.5 Å². The number of carboxylic acids is 1. The lowest BCUT2D eigenvalue weighted by molar-refractivity contribution is -0.136. The SMILES string of the molecule is O=C(O)CCS(=O)(=O)Nc1ccc2ccccc2c1. The minimum absolute atomic E-state index is 0.414. The highest BCUT2D eigenvalue weighted by Gasteiger charge is 2.12. The summed E-state index contributed by atoms with van der Waals surface area (Å²) in [7, 11) is -3.63. The zero-order valence-electron chi connectivity index (χ0n) is 10.0. The van der Waals surface area contributed by atoms with Crippen LogP contribution in [0, 0.1) is 0 Å². The van der Waals surface area contributed by atoms with E-state index in [1.54, 1.807) is 12.1 Å². The molecular weight excluding hydrogens is 266 g/mol. The first-order chi connectivity index (χ1) is 8.96. The van der Waals surface area contributed by atoms with Crippen molar-refractivity contribution in [2.24, 2.45) is 0 Å². The van der Waals surface area contributed by atoms with Gasteiger partial charge in [-0.05, 0) is 22.9 Å². The molecule has 5 nitrogen and oxygen atoms in total. The van der Waals surface area contributed by atoms with Gasteiger partial charge in [0.2, 0.25) is 10.0 Å². The van der Waals surface area contributed by atoms with E-state index in [0.717, 1.165) is 10.8 Å². The van der Waals surface area contributed by atoms with Crippen LogP contribution in [-0.4, -0.2) is 25.2 Å². The molecule has 0 spiro atoms. The first-order valence-electron chi connectivity index (χ1n) is 5.67. The van der Waals surface area contributed by atoms with Crippen LogP contribution >= 0.6 is 0 Å². The second-order valence-corrected chi connectivity index (χ2v) is 5.97. The third-order valence-corrected chi connectivity index (χ3v) is 3.90. The molecule has 0 atom stereocenters. The van der Waals surface area contributed by atoms with E-state index in [2.05, 4.69) is 4.72 Å². The van der Waals surface area contributed by atoms with Crippen LogP contribution < -0.4 is 4.72 Å². The Morgan fingerprint density at radius 2 is 1.79 bits per heavy atom. The fourth-order valence-corrected chi connectivity index (χ4v) is 2.74. The lowest BCUT2D eigenvalue weighted by Gasteiger charge is -2.08. The second kappa shape index (κ2) is 5.27. The molecule has 0 bridgehead atoms. The molecule has 0 heterocycles. The normalized spacial score (nSPS) is 11.4. The summed E-state index contributed by atoms with van der Waals surface area (Å²) < 4.78 is 25.7. The van der Waals surface area contributed by atoms with E-state index in [0.29, 0.717) is 5.69 Å². The molecule has 0 saturated heterocycles. The molecule has 2 rings (SSSR count). The Morgan fingerprint density at radius 1 is 1.11 bits per heavy atom. The number of carbonyl (C=O) groups is 1. The highest BCUT2D eigenvalue weighted by molar-refractivity contribution is 7.92. The number of rotatable bonds is 5. The lowest BCUT2D eigenvalue weighted by Crippen LogP contribution is -2.18. The predicted molar refractivity (Wildman–Crippen MR) is 73.6 cm³/mol. The fraction of sp³-hybridized carbons (Fsp3) is 0.154. The van der Waals surface area contributed by atoms with Crippen LogP contribution in [0.15, 0.2) is 42.5 Å². The van der Waals surface area contributed by atoms with Gasteiger partial charge in [0, 0.05) is 5.69 Å². The number of nitrogens with one attached hydrogen (secondary N) is 1. The highest BCUT2D eigenvalue weighted by Crippen LogP contribution is 2.19. The summed E-state index contributed by atoms with van der Waals surface area (Å²) in [6.45, 7) is 0. The quantitative estimate of drug-likeness (QED) is 0.877. The number of aliphatic carboxylic acids is 1. The first-order valence-corrected chi connectivity index (χ1v) is 7.33. The summed E-state index contributed by atoms with van der Waals surface area (Å²) in [5.41, 5.74) is 0.434. The van der Waals surface area contributed by atoms with Crippen LogP contribution in [0.5, 0.6) is 0 Å². The largest absolute Gasteiger partial charge is 0.481 e. The maximum Gasteiger partial charge on any atom is 0.304 e. The molecular formula is C13H13NO4S. The molecule has 0 saturated carbocycles. The number of anilines is 1. The summed E-state index contributed by atoms with van der Waals surface area (Å²) in [5, 5.41) is 10.4. The third-order valence-electron chi connectivity index (χ3n) is 2.61. The average Bonchev–Trinajstić information content (AvgIpc) is 2.36. The van der Waals surface area contributed by atoms with Crippen molar-refractivity contribution in [3.8, 4) is 0 Å². The van der Waals surface area contributed by atoms with Gasteiger partial charge in [-0.3, -0.25) is 9.52 Å². The van der Waals surface area contributed by atoms with Gasteiger partial charge in [-0.15, -0.1) is 0 Å². The zero-order valence-corrected chi connectivity index (χ0v) is 10.9. The monoisotopic (exact) mass is 279 g/mol. The molecule has 0 aliphatic rings. The van der Waals surface area contributed by atoms with Gasteiger partial charge in [0.15, 0.2) is 0 Å². The van der Waals surface area contributed by atoms with E-state index in [9.17, 15) is 13.2 Å². The summed E-state index contributed by atoms with van der Waals surface area (Å²) in [5.74, 6) is -1.57. The molecule has 0 aliphatic heterocycles. The summed E-state index contributed by atoms with van der Waals surface area (Å²) in [4.78, 5) is 10.4. The van der Waals surface area contributed by atoms with Gasteiger partial charge in [0.25, 0.3) is 0 Å². The molecule has 19 heavy (non-hydrogen) atoms. The first kappa shape index (κ1) is 13.4. The highest BCUT2D eigenvalue weighted by atomic mass is 32.2. The summed E-state index contributed by atoms with van der Waals surface area (Å²) in [6.07, 6.45) is -0.414. The minimum Gasteiger partial charge on any atom is -0.481 e. The van der Waals surface area contributed by atoms with Crippen molar-refractivity contribution in [1.82, 2.24) is 0 Å². The molecule has 6 heteroatoms. The van der Waals surface area contributed by atoms with Gasteiger partial charge in [-0.25, -0.2) is 8.42 Å². The molecule has 0 fully saturated rings. The Bertz CT molecular complexity index is 709. The van der Waals surface area contributed by atoms with Gasteiger partial charge in [-0.2, -0.15) is 0 Å². The van der Waals surface area contributed by atoms with Crippen molar-refractivity contribution < 1.29 is 18.3 Å². The van der Waals surface area contributed by atoms with Crippen molar-refractivity contribution in [2.45, 2.75) is 6.42 Å². The summed E-state index contributed by atoms with van der Waals surface area (Å²) in [6, 6.07) is 12.8. The van der Waals surface area contributed by atoms with E-state index >= 15 is 0 Å². The lowest BCUT2D eigenvalue weighted by atomic mass is 10.1. The van der Waals surface area contributed by atoms with Gasteiger partial charge < -0.3 is 5.11 Å². The van der Waals surface area contributed by atoms with Gasteiger partial charge >= 0.3 is 5.97 Å². The zero-order chi connectivity index (χ0) is 13.9. The minimum atomic E-state index is -3.63. The average molecular weight is 279 g/mol. The Kier molecular flexibility index (Phi) is 3.71. The van der Waals surface area contributed by atoms with Crippen LogP contribution in [0.4, 0.5) is 5.69 Å². The molecule has 2 aromatic rings. The number of sulfonamides is 1. The molecule has 0 aromatic heterocycles. The molecule has 0 amide bonds. The molecule has 2 N–H and O–H groups in total. The third kappa shape index (κ3) is 3.69. The van der Waals surface area contributed by atoms with Crippen LogP contribution in [0.2, 0.25) is 0 Å². The molecule has 0 unspecified atom stereocenters. The maximum absolute atomic E-state index is 11.7. The maximum atomic E-state index is 11.7. The van der Waals surface area contributed by atoms with E-state index in [4.69, 9.17) is 5.11 Å². The number of hydrogen-bond acceptors (Lipinski definition) is 3. The Balaban J connectivity index is 2.19. The van der Waals surface area contributed by atoms with Crippen LogP contribution in [0.25, 0.3) is 10.8 Å². The number of hydrogen-bond donors (Lipinski definition) is 2. The molecule has 100 valence electrons. The Hall–Kier alpha value is -2.08. The predicted octanol–water partition coefficient (Wildman–Crippen LogP) is 2.06. The van der Waals surface area contributed by atoms with Gasteiger partial charge in [0.05, 0.1) is 12.2 Å². The van der Waals surface area contributed by atoms with Crippen molar-refractivity contribution in [3.05, 3.63) is 42.5 Å². The fourth-order valence-electron chi connectivity index (χ4n) is 1.71. The van der Waals surface area contributed by atoms with Crippen molar-refractivity contribution in [3.63, 3.8) is 0 Å².